The van der Waals surface area contributed by atoms with E-state index in [0.717, 1.165) is 50.5 Å². The summed E-state index contributed by atoms with van der Waals surface area (Å²) < 4.78 is 8.98. The molecule has 8 aromatic carbocycles. The van der Waals surface area contributed by atoms with E-state index in [9.17, 15) is 0 Å². The van der Waals surface area contributed by atoms with Gasteiger partial charge in [0.2, 0.25) is 0 Å². The highest BCUT2D eigenvalue weighted by Gasteiger charge is 2.36. The molecule has 0 N–H and O–H groups in total. The number of hydrogen-bond donors (Lipinski definition) is 0. The molecule has 0 saturated carbocycles. The van der Waals surface area contributed by atoms with Crippen molar-refractivity contribution in [3.05, 3.63) is 211 Å². The number of fused-ring (bicyclic) bond motifs is 6. The average molecular weight is 758 g/mol. The summed E-state index contributed by atoms with van der Waals surface area (Å²) >= 11 is 0. The van der Waals surface area contributed by atoms with Crippen LogP contribution in [0.2, 0.25) is 0 Å². The molecule has 11 rings (SSSR count). The Labute approximate surface area is 343 Å². The van der Waals surface area contributed by atoms with Crippen LogP contribution >= 0.6 is 0 Å². The summed E-state index contributed by atoms with van der Waals surface area (Å²) in [7, 11) is 0. The van der Waals surface area contributed by atoms with Crippen LogP contribution in [0.1, 0.15) is 25.0 Å². The lowest BCUT2D eigenvalue weighted by Gasteiger charge is -2.21. The monoisotopic (exact) mass is 757 g/mol. The van der Waals surface area contributed by atoms with Gasteiger partial charge in [-0.2, -0.15) is 9.97 Å². The van der Waals surface area contributed by atoms with E-state index in [1.54, 1.807) is 0 Å². The third-order valence-electron chi connectivity index (χ3n) is 11.9. The van der Waals surface area contributed by atoms with Gasteiger partial charge in [-0.3, -0.25) is 0 Å². The summed E-state index contributed by atoms with van der Waals surface area (Å²) in [6, 6.07) is 70.8. The van der Waals surface area contributed by atoms with Gasteiger partial charge in [-0.15, -0.1) is 0 Å². The summed E-state index contributed by atoms with van der Waals surface area (Å²) in [4.78, 5) is 10.1. The third kappa shape index (κ3) is 5.92. The molecule has 0 aliphatic heterocycles. The molecule has 0 radical (unpaired) electrons. The van der Waals surface area contributed by atoms with Gasteiger partial charge in [0, 0.05) is 33.0 Å². The zero-order chi connectivity index (χ0) is 39.5. The summed E-state index contributed by atoms with van der Waals surface area (Å²) in [6.45, 7) is 4.68. The summed E-state index contributed by atoms with van der Waals surface area (Å²) in [6.07, 6.45) is 0. The van der Waals surface area contributed by atoms with Crippen molar-refractivity contribution in [3.8, 4) is 73.3 Å². The second-order valence-corrected chi connectivity index (χ2v) is 15.8. The fourth-order valence-corrected chi connectivity index (χ4v) is 9.03. The minimum atomic E-state index is -0.100. The minimum Gasteiger partial charge on any atom is -0.424 e. The highest BCUT2D eigenvalue weighted by atomic mass is 16.5. The lowest BCUT2D eigenvalue weighted by molar-refractivity contribution is 0.443. The van der Waals surface area contributed by atoms with E-state index >= 15 is 0 Å². The fourth-order valence-electron chi connectivity index (χ4n) is 9.03. The second-order valence-electron chi connectivity index (χ2n) is 15.8. The van der Waals surface area contributed by atoms with Crippen LogP contribution in [-0.4, -0.2) is 14.5 Å². The first kappa shape index (κ1) is 34.7. The highest BCUT2D eigenvalue weighted by Crippen LogP contribution is 2.51. The Balaban J connectivity index is 1.01. The number of aromatic nitrogens is 3. The van der Waals surface area contributed by atoms with E-state index in [-0.39, 0.29) is 11.4 Å². The van der Waals surface area contributed by atoms with Crippen LogP contribution in [0.5, 0.6) is 11.8 Å². The highest BCUT2D eigenvalue weighted by molar-refractivity contribution is 6.11. The van der Waals surface area contributed by atoms with Gasteiger partial charge >= 0.3 is 6.01 Å². The first-order chi connectivity index (χ1) is 29.0. The van der Waals surface area contributed by atoms with E-state index < -0.39 is 0 Å². The minimum absolute atomic E-state index is 0.100. The van der Waals surface area contributed by atoms with Crippen LogP contribution in [0, 0.1) is 0 Å². The van der Waals surface area contributed by atoms with Crippen molar-refractivity contribution in [3.63, 3.8) is 0 Å². The molecule has 0 spiro atoms. The Hall–Kier alpha value is -7.56. The van der Waals surface area contributed by atoms with E-state index in [1.165, 1.54) is 44.1 Å². The third-order valence-corrected chi connectivity index (χ3v) is 11.9. The maximum Gasteiger partial charge on any atom is 0.323 e. The normalized spacial score (nSPS) is 12.7. The number of ether oxygens (including phenoxy) is 1. The number of nitrogens with zero attached hydrogens (tertiary/aromatic N) is 3. The van der Waals surface area contributed by atoms with E-state index in [1.807, 2.05) is 24.3 Å². The molecule has 0 saturated heterocycles. The molecule has 2 heterocycles. The average Bonchev–Trinajstić information content (AvgIpc) is 3.74. The van der Waals surface area contributed by atoms with Gasteiger partial charge in [-0.05, 0) is 99.1 Å². The van der Waals surface area contributed by atoms with Gasteiger partial charge in [0.25, 0.3) is 0 Å². The Morgan fingerprint density at radius 2 is 1.03 bits per heavy atom. The van der Waals surface area contributed by atoms with Crippen molar-refractivity contribution in [2.24, 2.45) is 0 Å². The van der Waals surface area contributed by atoms with Crippen molar-refractivity contribution < 1.29 is 4.74 Å². The van der Waals surface area contributed by atoms with Crippen molar-refractivity contribution in [1.29, 1.82) is 0 Å². The second kappa shape index (κ2) is 13.8. The van der Waals surface area contributed by atoms with E-state index in [4.69, 9.17) is 14.7 Å². The number of hydrogen-bond acceptors (Lipinski definition) is 3. The molecular weight excluding hydrogens is 719 g/mol. The zero-order valence-corrected chi connectivity index (χ0v) is 32.8. The molecule has 0 amide bonds. The maximum atomic E-state index is 6.60. The van der Waals surface area contributed by atoms with Crippen molar-refractivity contribution >= 4 is 21.8 Å². The van der Waals surface area contributed by atoms with E-state index in [0.29, 0.717) is 5.75 Å². The zero-order valence-electron chi connectivity index (χ0n) is 32.8. The Kier molecular flexibility index (Phi) is 8.12. The van der Waals surface area contributed by atoms with Gasteiger partial charge in [-0.1, -0.05) is 159 Å². The van der Waals surface area contributed by atoms with Crippen molar-refractivity contribution in [2.45, 2.75) is 19.3 Å². The standard InChI is InChI=1S/C55H39N3O/c1-55(2)48-26-13-11-23-43(48)46-33-47-45-25-12-14-27-52(45)58(53(47)34-49(46)55)40-28-30-41(31-29-40)59-54-56-50(39-21-15-20-38(32-39)36-16-5-3-6-17-36)35-51(57-54)44-24-10-9-22-42(44)37-18-7-4-8-19-37/h3-35H,1-2H3. The van der Waals surface area contributed by atoms with Crippen LogP contribution in [-0.2, 0) is 5.41 Å². The van der Waals surface area contributed by atoms with Crippen LogP contribution in [0.15, 0.2) is 200 Å². The predicted octanol–water partition coefficient (Wildman–Crippen LogP) is 14.3. The molecule has 0 bridgehead atoms. The Bertz CT molecular complexity index is 3200. The summed E-state index contributed by atoms with van der Waals surface area (Å²) in [5, 5.41) is 2.48. The predicted molar refractivity (Wildman–Crippen MR) is 242 cm³/mol. The van der Waals surface area contributed by atoms with Crippen LogP contribution in [0.3, 0.4) is 0 Å². The van der Waals surface area contributed by atoms with Gasteiger partial charge in [0.1, 0.15) is 5.75 Å². The molecule has 0 fully saturated rings. The fraction of sp³-hybridized carbons (Fsp3) is 0.0545. The van der Waals surface area contributed by atoms with Gasteiger partial charge in [-0.25, -0.2) is 0 Å². The first-order valence-corrected chi connectivity index (χ1v) is 20.2. The molecule has 2 aromatic heterocycles. The molecule has 1 aliphatic rings. The largest absolute Gasteiger partial charge is 0.424 e. The first-order valence-electron chi connectivity index (χ1n) is 20.2. The number of rotatable bonds is 7. The van der Waals surface area contributed by atoms with Crippen molar-refractivity contribution in [2.75, 3.05) is 0 Å². The molecule has 0 unspecified atom stereocenters. The van der Waals surface area contributed by atoms with Gasteiger partial charge in [0.15, 0.2) is 0 Å². The lowest BCUT2D eigenvalue weighted by atomic mass is 9.82. The Morgan fingerprint density at radius 1 is 0.407 bits per heavy atom. The molecule has 1 aliphatic carbocycles. The van der Waals surface area contributed by atoms with Gasteiger partial charge in [0.05, 0.1) is 22.4 Å². The maximum absolute atomic E-state index is 6.60. The Morgan fingerprint density at radius 3 is 1.83 bits per heavy atom. The molecule has 4 heteroatoms. The smallest absolute Gasteiger partial charge is 0.323 e. The lowest BCUT2D eigenvalue weighted by Crippen LogP contribution is -2.14. The van der Waals surface area contributed by atoms with Gasteiger partial charge < -0.3 is 9.30 Å². The number of benzene rings is 8. The van der Waals surface area contributed by atoms with E-state index in [2.05, 4.69) is 194 Å². The topological polar surface area (TPSA) is 39.9 Å². The summed E-state index contributed by atoms with van der Waals surface area (Å²) in [5.41, 5.74) is 16.7. The van der Waals surface area contributed by atoms with Crippen LogP contribution in [0.25, 0.3) is 83.4 Å². The molecule has 280 valence electrons. The SMILES string of the molecule is CC1(C)c2ccccc2-c2cc3c4ccccc4n(-c4ccc(Oc5nc(-c6cccc(-c7ccccc7)c6)cc(-c6ccccc6-c6ccccc6)n5)cc4)c3cc21. The van der Waals surface area contributed by atoms with Crippen LogP contribution < -0.4 is 4.74 Å². The molecular formula is C55H39N3O. The molecule has 59 heavy (non-hydrogen) atoms. The van der Waals surface area contributed by atoms with Crippen LogP contribution in [0.4, 0.5) is 0 Å². The summed E-state index contributed by atoms with van der Waals surface area (Å²) in [5.74, 6) is 0.657. The molecule has 4 nitrogen and oxygen atoms in total. The quantitative estimate of drug-likeness (QED) is 0.163. The molecule has 10 aromatic rings. The number of para-hydroxylation sites is 1. The molecule has 0 atom stereocenters. The van der Waals surface area contributed by atoms with Crippen molar-refractivity contribution in [1.82, 2.24) is 14.5 Å².